The number of hydrogen-bond donors (Lipinski definition) is 1. The molecule has 0 radical (unpaired) electrons. The summed E-state index contributed by atoms with van der Waals surface area (Å²) in [5, 5.41) is 15.0. The predicted molar refractivity (Wildman–Crippen MR) is 122 cm³/mol. The van der Waals surface area contributed by atoms with Crippen LogP contribution >= 0.6 is 11.8 Å². The summed E-state index contributed by atoms with van der Waals surface area (Å²) in [5.74, 6) is 0. The van der Waals surface area contributed by atoms with E-state index in [1.54, 1.807) is 62.7 Å². The lowest BCUT2D eigenvalue weighted by molar-refractivity contribution is -0.384. The Balaban J connectivity index is 1.97. The van der Waals surface area contributed by atoms with Gasteiger partial charge in [0.25, 0.3) is 15.7 Å². The summed E-state index contributed by atoms with van der Waals surface area (Å²) in [5.41, 5.74) is 5.75. The van der Waals surface area contributed by atoms with Gasteiger partial charge in [-0.1, -0.05) is 18.2 Å². The molecule has 1 N–H and O–H groups in total. The van der Waals surface area contributed by atoms with Gasteiger partial charge in [0.1, 0.15) is 4.24 Å². The molecule has 0 atom stereocenters. The first-order valence-corrected chi connectivity index (χ1v) is 11.5. The minimum absolute atomic E-state index is 0.0116. The van der Waals surface area contributed by atoms with Crippen LogP contribution < -0.4 is 9.73 Å². The van der Waals surface area contributed by atoms with Gasteiger partial charge in [-0.05, 0) is 49.9 Å². The number of rotatable bonds is 6. The average molecular weight is 445 g/mol. The van der Waals surface area contributed by atoms with E-state index in [0.717, 1.165) is 0 Å². The normalized spacial score (nSPS) is 16.3. The van der Waals surface area contributed by atoms with Gasteiger partial charge >= 0.3 is 0 Å². The van der Waals surface area contributed by atoms with E-state index in [1.165, 1.54) is 28.2 Å². The summed E-state index contributed by atoms with van der Waals surface area (Å²) in [6.07, 6.45) is 3.29. The van der Waals surface area contributed by atoms with Crippen molar-refractivity contribution in [3.63, 3.8) is 0 Å². The van der Waals surface area contributed by atoms with Crippen molar-refractivity contribution in [2.75, 3.05) is 16.0 Å². The standard InChI is InChI=1S/C20H20N4O4S2/c1-14-19(13-21-22-16-9-11-18(12-10-16)24(25)26)15(2)23(17-7-5-4-6-8-17)30(27,28)20(14)29-3/h4-13,22H,1-3H3/b21-13+. The molecule has 0 aromatic heterocycles. The second-order valence-corrected chi connectivity index (χ2v) is 9.19. The van der Waals surface area contributed by atoms with Crippen molar-refractivity contribution in [1.82, 2.24) is 0 Å². The van der Waals surface area contributed by atoms with Gasteiger partial charge in [-0.2, -0.15) is 5.10 Å². The second kappa shape index (κ2) is 8.72. The topological polar surface area (TPSA) is 105 Å². The van der Waals surface area contributed by atoms with Crippen LogP contribution in [0.5, 0.6) is 0 Å². The number of benzene rings is 2. The van der Waals surface area contributed by atoms with Crippen LogP contribution in [0.3, 0.4) is 0 Å². The molecule has 0 amide bonds. The van der Waals surface area contributed by atoms with Gasteiger partial charge in [0.2, 0.25) is 0 Å². The maximum atomic E-state index is 13.2. The Morgan fingerprint density at radius 3 is 2.30 bits per heavy atom. The Morgan fingerprint density at radius 2 is 1.73 bits per heavy atom. The molecule has 10 heteroatoms. The number of allylic oxidation sites excluding steroid dienone is 3. The highest BCUT2D eigenvalue weighted by molar-refractivity contribution is 8.19. The first kappa shape index (κ1) is 21.6. The zero-order chi connectivity index (χ0) is 21.9. The van der Waals surface area contributed by atoms with E-state index in [4.69, 9.17) is 0 Å². The Kier molecular flexibility index (Phi) is 6.28. The minimum Gasteiger partial charge on any atom is -0.278 e. The fourth-order valence-electron chi connectivity index (χ4n) is 3.12. The number of nitro benzene ring substituents is 1. The SMILES string of the molecule is CSC1=C(C)C(/C=N/Nc2ccc([N+](=O)[O-])cc2)=C(C)N(c2ccccc2)S1(=O)=O. The summed E-state index contributed by atoms with van der Waals surface area (Å²) in [7, 11) is -3.72. The zero-order valence-corrected chi connectivity index (χ0v) is 18.2. The van der Waals surface area contributed by atoms with Gasteiger partial charge in [-0.15, -0.1) is 11.8 Å². The molecule has 0 aliphatic carbocycles. The van der Waals surface area contributed by atoms with Gasteiger partial charge < -0.3 is 0 Å². The van der Waals surface area contributed by atoms with Gasteiger partial charge in [0.05, 0.1) is 22.5 Å². The second-order valence-electron chi connectivity index (χ2n) is 6.39. The number of hydrazone groups is 1. The fraction of sp³-hybridized carbons (Fsp3) is 0.150. The zero-order valence-electron chi connectivity index (χ0n) is 16.6. The average Bonchev–Trinajstić information content (AvgIpc) is 2.71. The summed E-state index contributed by atoms with van der Waals surface area (Å²) in [4.78, 5) is 10.3. The molecule has 3 rings (SSSR count). The molecule has 0 unspecified atom stereocenters. The molecule has 0 saturated heterocycles. The molecule has 2 aromatic carbocycles. The lowest BCUT2D eigenvalue weighted by Gasteiger charge is -2.32. The molecule has 0 spiro atoms. The van der Waals surface area contributed by atoms with Crippen LogP contribution in [0.2, 0.25) is 0 Å². The molecule has 2 aromatic rings. The van der Waals surface area contributed by atoms with Crippen LogP contribution in [0.4, 0.5) is 17.1 Å². The smallest absolute Gasteiger partial charge is 0.274 e. The van der Waals surface area contributed by atoms with Crippen molar-refractivity contribution in [3.8, 4) is 0 Å². The highest BCUT2D eigenvalue weighted by atomic mass is 32.3. The first-order valence-electron chi connectivity index (χ1n) is 8.87. The molecule has 1 heterocycles. The van der Waals surface area contributed by atoms with Crippen molar-refractivity contribution >= 4 is 45.1 Å². The van der Waals surface area contributed by atoms with E-state index >= 15 is 0 Å². The number of nitro groups is 1. The molecule has 1 aliphatic rings. The van der Waals surface area contributed by atoms with E-state index in [-0.39, 0.29) is 9.92 Å². The Hall–Kier alpha value is -3.11. The van der Waals surface area contributed by atoms with Crippen LogP contribution in [-0.4, -0.2) is 25.8 Å². The summed E-state index contributed by atoms with van der Waals surface area (Å²) in [6.45, 7) is 3.49. The number of non-ortho nitro benzene ring substituents is 1. The van der Waals surface area contributed by atoms with Crippen LogP contribution in [0, 0.1) is 10.1 Å². The molecule has 0 fully saturated rings. The number of para-hydroxylation sites is 1. The number of nitrogens with one attached hydrogen (secondary N) is 1. The molecule has 30 heavy (non-hydrogen) atoms. The minimum atomic E-state index is -3.72. The molecular weight excluding hydrogens is 424 g/mol. The van der Waals surface area contributed by atoms with Crippen molar-refractivity contribution in [1.29, 1.82) is 0 Å². The van der Waals surface area contributed by atoms with Crippen molar-refractivity contribution < 1.29 is 13.3 Å². The Morgan fingerprint density at radius 1 is 1.10 bits per heavy atom. The van der Waals surface area contributed by atoms with Crippen LogP contribution in [0.25, 0.3) is 0 Å². The number of nitrogens with zero attached hydrogens (tertiary/aromatic N) is 3. The highest BCUT2D eigenvalue weighted by Crippen LogP contribution is 2.40. The van der Waals surface area contributed by atoms with E-state index < -0.39 is 14.9 Å². The molecule has 1 aliphatic heterocycles. The predicted octanol–water partition coefficient (Wildman–Crippen LogP) is 4.71. The van der Waals surface area contributed by atoms with Gasteiger partial charge in [0, 0.05) is 23.4 Å². The Bertz CT molecular complexity index is 1160. The number of thioether (sulfide) groups is 1. The monoisotopic (exact) mass is 444 g/mol. The summed E-state index contributed by atoms with van der Waals surface area (Å²) >= 11 is 1.17. The number of anilines is 2. The lowest BCUT2D eigenvalue weighted by Crippen LogP contribution is -2.34. The maximum Gasteiger partial charge on any atom is 0.274 e. The molecule has 0 bridgehead atoms. The van der Waals surface area contributed by atoms with Crippen molar-refractivity contribution in [2.24, 2.45) is 5.10 Å². The largest absolute Gasteiger partial charge is 0.278 e. The first-order chi connectivity index (χ1) is 14.3. The molecule has 8 nitrogen and oxygen atoms in total. The Labute approximate surface area is 179 Å². The van der Waals surface area contributed by atoms with Gasteiger partial charge in [-0.25, -0.2) is 12.7 Å². The third-order valence-electron chi connectivity index (χ3n) is 4.52. The molecule has 0 saturated carbocycles. The lowest BCUT2D eigenvalue weighted by atomic mass is 10.1. The van der Waals surface area contributed by atoms with Crippen molar-refractivity contribution in [2.45, 2.75) is 13.8 Å². The third-order valence-corrected chi connectivity index (χ3v) is 8.07. The molecular formula is C20H20N4O4S2. The number of hydrogen-bond acceptors (Lipinski definition) is 7. The quantitative estimate of drug-likeness (QED) is 0.393. The van der Waals surface area contributed by atoms with E-state index in [1.807, 2.05) is 6.07 Å². The van der Waals surface area contributed by atoms with Crippen molar-refractivity contribution in [3.05, 3.63) is 85.8 Å². The highest BCUT2D eigenvalue weighted by Gasteiger charge is 2.36. The fourth-order valence-corrected chi connectivity index (χ4v) is 6.12. The summed E-state index contributed by atoms with van der Waals surface area (Å²) in [6, 6.07) is 14.7. The molecule has 156 valence electrons. The van der Waals surface area contributed by atoms with Gasteiger partial charge in [-0.3, -0.25) is 15.5 Å². The van der Waals surface area contributed by atoms with Crippen LogP contribution in [0.1, 0.15) is 13.8 Å². The summed E-state index contributed by atoms with van der Waals surface area (Å²) < 4.78 is 28.0. The van der Waals surface area contributed by atoms with E-state index in [0.29, 0.717) is 28.2 Å². The third kappa shape index (κ3) is 4.10. The van der Waals surface area contributed by atoms with E-state index in [2.05, 4.69) is 10.5 Å². The van der Waals surface area contributed by atoms with Crippen LogP contribution in [0.15, 0.2) is 80.8 Å². The number of sulfonamides is 1. The van der Waals surface area contributed by atoms with E-state index in [9.17, 15) is 18.5 Å². The van der Waals surface area contributed by atoms with Gasteiger partial charge in [0.15, 0.2) is 0 Å². The maximum absolute atomic E-state index is 13.2. The van der Waals surface area contributed by atoms with Crippen LogP contribution in [-0.2, 0) is 10.0 Å².